The van der Waals surface area contributed by atoms with Gasteiger partial charge < -0.3 is 15.8 Å². The molecule has 0 spiro atoms. The predicted octanol–water partition coefficient (Wildman–Crippen LogP) is 1.63. The minimum atomic E-state index is -0.180. The largest absolute Gasteiger partial charge is 0.497 e. The van der Waals surface area contributed by atoms with E-state index in [1.54, 1.807) is 7.11 Å². The van der Waals surface area contributed by atoms with Crippen LogP contribution < -0.4 is 15.8 Å². The van der Waals surface area contributed by atoms with Gasteiger partial charge in [-0.2, -0.15) is 0 Å². The van der Waals surface area contributed by atoms with Crippen LogP contribution in [-0.2, 0) is 0 Å². The smallest absolute Gasteiger partial charge is 0.130 e. The van der Waals surface area contributed by atoms with Crippen LogP contribution in [0, 0.1) is 5.82 Å². The molecule has 0 amide bonds. The Hall–Kier alpha value is -1.13. The average Bonchev–Trinajstić information content (AvgIpc) is 2.77. The summed E-state index contributed by atoms with van der Waals surface area (Å²) in [4.78, 5) is 0. The van der Waals surface area contributed by atoms with Gasteiger partial charge in [0.05, 0.1) is 7.11 Å². The van der Waals surface area contributed by atoms with Crippen molar-refractivity contribution in [3.8, 4) is 5.75 Å². The first kappa shape index (κ1) is 12.3. The molecule has 0 saturated carbocycles. The van der Waals surface area contributed by atoms with E-state index in [0.29, 0.717) is 18.3 Å². The maximum atomic E-state index is 14.0. The second-order valence-electron chi connectivity index (χ2n) is 4.42. The number of benzene rings is 1. The lowest BCUT2D eigenvalue weighted by Gasteiger charge is -2.20. The number of nitrogens with two attached hydrogens (primary N) is 1. The first-order valence-corrected chi connectivity index (χ1v) is 6.03. The number of rotatable bonds is 4. The highest BCUT2D eigenvalue weighted by Gasteiger charge is 2.29. The van der Waals surface area contributed by atoms with Crippen LogP contribution in [0.1, 0.15) is 24.3 Å². The van der Waals surface area contributed by atoms with Crippen LogP contribution in [0.15, 0.2) is 18.2 Å². The Bertz CT molecular complexity index is 384. The molecular formula is C13H19FN2O. The topological polar surface area (TPSA) is 47.3 Å². The van der Waals surface area contributed by atoms with Gasteiger partial charge in [0.2, 0.25) is 0 Å². The van der Waals surface area contributed by atoms with Gasteiger partial charge in [-0.15, -0.1) is 0 Å². The van der Waals surface area contributed by atoms with E-state index < -0.39 is 0 Å². The number of halogens is 1. The Morgan fingerprint density at radius 2 is 2.35 bits per heavy atom. The summed E-state index contributed by atoms with van der Waals surface area (Å²) in [7, 11) is 1.54. The maximum Gasteiger partial charge on any atom is 0.130 e. The fraction of sp³-hybridized carbons (Fsp3) is 0.538. The molecule has 3 N–H and O–H groups in total. The predicted molar refractivity (Wildman–Crippen MR) is 65.8 cm³/mol. The van der Waals surface area contributed by atoms with Crippen molar-refractivity contribution in [2.24, 2.45) is 5.73 Å². The summed E-state index contributed by atoms with van der Waals surface area (Å²) in [5.41, 5.74) is 6.35. The lowest BCUT2D eigenvalue weighted by atomic mass is 9.90. The molecule has 3 nitrogen and oxygen atoms in total. The summed E-state index contributed by atoms with van der Waals surface area (Å²) in [5, 5.41) is 3.38. The zero-order valence-electron chi connectivity index (χ0n) is 10.1. The van der Waals surface area contributed by atoms with Crippen molar-refractivity contribution in [1.82, 2.24) is 5.32 Å². The van der Waals surface area contributed by atoms with E-state index in [4.69, 9.17) is 10.5 Å². The quantitative estimate of drug-likeness (QED) is 0.838. The van der Waals surface area contributed by atoms with Crippen LogP contribution >= 0.6 is 0 Å². The van der Waals surface area contributed by atoms with Crippen molar-refractivity contribution in [2.45, 2.75) is 24.8 Å². The Morgan fingerprint density at radius 3 is 3.00 bits per heavy atom. The van der Waals surface area contributed by atoms with Gasteiger partial charge in [0.1, 0.15) is 11.6 Å². The summed E-state index contributed by atoms with van der Waals surface area (Å²) in [6.07, 6.45) is 1.85. The molecule has 1 aromatic rings. The Balaban J connectivity index is 2.21. The summed E-state index contributed by atoms with van der Waals surface area (Å²) >= 11 is 0. The van der Waals surface area contributed by atoms with E-state index in [-0.39, 0.29) is 11.7 Å². The van der Waals surface area contributed by atoms with E-state index in [1.165, 1.54) is 6.07 Å². The fourth-order valence-electron chi connectivity index (χ4n) is 2.56. The molecule has 0 bridgehead atoms. The molecule has 1 aliphatic rings. The maximum absolute atomic E-state index is 14.0. The molecule has 1 saturated heterocycles. The molecule has 2 atom stereocenters. The molecule has 4 heteroatoms. The molecule has 0 aromatic heterocycles. The van der Waals surface area contributed by atoms with Crippen LogP contribution in [0.5, 0.6) is 5.75 Å². The molecule has 17 heavy (non-hydrogen) atoms. The van der Waals surface area contributed by atoms with Crippen molar-refractivity contribution < 1.29 is 9.13 Å². The molecule has 94 valence electrons. The van der Waals surface area contributed by atoms with Gasteiger partial charge in [-0.05, 0) is 37.6 Å². The van der Waals surface area contributed by atoms with E-state index in [2.05, 4.69) is 5.32 Å². The fourth-order valence-corrected chi connectivity index (χ4v) is 2.56. The Morgan fingerprint density at radius 1 is 1.53 bits per heavy atom. The first-order chi connectivity index (χ1) is 8.26. The van der Waals surface area contributed by atoms with Gasteiger partial charge in [0, 0.05) is 18.0 Å². The second-order valence-corrected chi connectivity index (χ2v) is 4.42. The van der Waals surface area contributed by atoms with Gasteiger partial charge in [-0.3, -0.25) is 0 Å². The van der Waals surface area contributed by atoms with Crippen LogP contribution in [-0.4, -0.2) is 26.2 Å². The zero-order chi connectivity index (χ0) is 12.3. The Labute approximate surface area is 101 Å². The number of ether oxygens (including phenoxy) is 1. The third kappa shape index (κ3) is 2.58. The van der Waals surface area contributed by atoms with Gasteiger partial charge in [-0.25, -0.2) is 4.39 Å². The van der Waals surface area contributed by atoms with Crippen LogP contribution in [0.3, 0.4) is 0 Å². The lowest BCUT2D eigenvalue weighted by molar-refractivity contribution is 0.409. The van der Waals surface area contributed by atoms with Crippen molar-refractivity contribution in [3.05, 3.63) is 29.6 Å². The molecule has 1 aliphatic heterocycles. The van der Waals surface area contributed by atoms with E-state index in [0.717, 1.165) is 24.9 Å². The number of hydrogen-bond donors (Lipinski definition) is 2. The van der Waals surface area contributed by atoms with E-state index in [1.807, 2.05) is 12.1 Å². The molecule has 2 unspecified atom stereocenters. The minimum absolute atomic E-state index is 0.180. The monoisotopic (exact) mass is 238 g/mol. The Kier molecular flexibility index (Phi) is 3.97. The van der Waals surface area contributed by atoms with Crippen LogP contribution in [0.4, 0.5) is 4.39 Å². The normalized spacial score (nSPS) is 23.9. The second kappa shape index (κ2) is 5.47. The highest BCUT2D eigenvalue weighted by atomic mass is 19.1. The molecular weight excluding hydrogens is 219 g/mol. The molecule has 0 aliphatic carbocycles. The van der Waals surface area contributed by atoms with Gasteiger partial charge in [-0.1, -0.05) is 6.07 Å². The van der Waals surface area contributed by atoms with Gasteiger partial charge in [0.25, 0.3) is 0 Å². The highest BCUT2D eigenvalue weighted by Crippen LogP contribution is 2.32. The SMILES string of the molecule is COc1ccc(C2CCNC2CCN)c(F)c1. The average molecular weight is 238 g/mol. The summed E-state index contributed by atoms with van der Waals surface area (Å²) in [5.74, 6) is 0.608. The van der Waals surface area contributed by atoms with Gasteiger partial charge in [0.15, 0.2) is 0 Å². The summed E-state index contributed by atoms with van der Waals surface area (Å²) < 4.78 is 19.0. The van der Waals surface area contributed by atoms with Crippen molar-refractivity contribution in [2.75, 3.05) is 20.2 Å². The van der Waals surface area contributed by atoms with E-state index in [9.17, 15) is 4.39 Å². The van der Waals surface area contributed by atoms with Crippen LogP contribution in [0.2, 0.25) is 0 Å². The summed E-state index contributed by atoms with van der Waals surface area (Å²) in [6.45, 7) is 1.56. The van der Waals surface area contributed by atoms with Gasteiger partial charge >= 0.3 is 0 Å². The molecule has 1 heterocycles. The van der Waals surface area contributed by atoms with Crippen molar-refractivity contribution in [1.29, 1.82) is 0 Å². The zero-order valence-corrected chi connectivity index (χ0v) is 10.1. The third-order valence-corrected chi connectivity index (χ3v) is 3.43. The molecule has 1 fully saturated rings. The lowest BCUT2D eigenvalue weighted by Crippen LogP contribution is -2.28. The number of methoxy groups -OCH3 is 1. The standard InChI is InChI=1S/C13H19FN2O/c1-17-9-2-3-10(12(14)8-9)11-5-7-16-13(11)4-6-15/h2-3,8,11,13,16H,4-7,15H2,1H3. The van der Waals surface area contributed by atoms with Crippen LogP contribution in [0.25, 0.3) is 0 Å². The third-order valence-electron chi connectivity index (χ3n) is 3.43. The van der Waals surface area contributed by atoms with Crippen molar-refractivity contribution >= 4 is 0 Å². The first-order valence-electron chi connectivity index (χ1n) is 6.03. The summed E-state index contributed by atoms with van der Waals surface area (Å²) in [6, 6.07) is 5.39. The number of nitrogens with one attached hydrogen (secondary N) is 1. The molecule has 1 aromatic carbocycles. The number of hydrogen-bond acceptors (Lipinski definition) is 3. The minimum Gasteiger partial charge on any atom is -0.497 e. The van der Waals surface area contributed by atoms with Crippen molar-refractivity contribution in [3.63, 3.8) is 0 Å². The highest BCUT2D eigenvalue weighted by molar-refractivity contribution is 5.32. The van der Waals surface area contributed by atoms with E-state index >= 15 is 0 Å². The molecule has 2 rings (SSSR count). The molecule has 0 radical (unpaired) electrons.